The van der Waals surface area contributed by atoms with E-state index in [1.807, 2.05) is 0 Å². The summed E-state index contributed by atoms with van der Waals surface area (Å²) in [6.45, 7) is 3.31. The first-order valence-electron chi connectivity index (χ1n) is 8.07. The number of hydrogen-bond donors (Lipinski definition) is 2. The SMILES string of the molecule is CCC(NC(=O)c1ccccc1SC(C)C(=O)O)c1ccc(F)cc1F. The van der Waals surface area contributed by atoms with E-state index in [1.165, 1.54) is 13.0 Å². The molecule has 0 saturated carbocycles. The average molecular weight is 379 g/mol. The lowest BCUT2D eigenvalue weighted by Gasteiger charge is -2.19. The summed E-state index contributed by atoms with van der Waals surface area (Å²) in [6, 6.07) is 9.24. The highest BCUT2D eigenvalue weighted by molar-refractivity contribution is 8.00. The standard InChI is InChI=1S/C19H19F2NO3S/c1-3-16(13-9-8-12(20)10-15(13)21)22-18(23)14-6-4-5-7-17(14)26-11(2)19(24)25/h4-11,16H,3H2,1-2H3,(H,22,23)(H,24,25). The molecule has 1 amide bonds. The summed E-state index contributed by atoms with van der Waals surface area (Å²) in [6.07, 6.45) is 0.412. The number of rotatable bonds is 7. The normalized spacial score (nSPS) is 13.1. The van der Waals surface area contributed by atoms with E-state index in [0.717, 1.165) is 23.9 Å². The lowest BCUT2D eigenvalue weighted by atomic mass is 10.0. The molecule has 138 valence electrons. The molecule has 2 N–H and O–H groups in total. The van der Waals surface area contributed by atoms with Gasteiger partial charge in [0, 0.05) is 16.5 Å². The van der Waals surface area contributed by atoms with Crippen LogP contribution in [-0.4, -0.2) is 22.2 Å². The third-order valence-corrected chi connectivity index (χ3v) is 5.00. The zero-order valence-corrected chi connectivity index (χ0v) is 15.1. The van der Waals surface area contributed by atoms with Gasteiger partial charge < -0.3 is 10.4 Å². The van der Waals surface area contributed by atoms with E-state index in [-0.39, 0.29) is 5.56 Å². The number of nitrogens with one attached hydrogen (secondary N) is 1. The molecule has 2 aromatic rings. The van der Waals surface area contributed by atoms with Crippen LogP contribution in [0.1, 0.15) is 42.2 Å². The molecule has 2 aromatic carbocycles. The summed E-state index contributed by atoms with van der Waals surface area (Å²) in [5.74, 6) is -2.83. The van der Waals surface area contributed by atoms with Crippen molar-refractivity contribution in [1.29, 1.82) is 0 Å². The fourth-order valence-corrected chi connectivity index (χ4v) is 3.34. The molecule has 7 heteroatoms. The molecule has 0 aliphatic rings. The number of carboxylic acid groups (broad SMARTS) is 1. The highest BCUT2D eigenvalue weighted by Gasteiger charge is 2.21. The van der Waals surface area contributed by atoms with E-state index < -0.39 is 34.8 Å². The van der Waals surface area contributed by atoms with Crippen LogP contribution in [0.2, 0.25) is 0 Å². The molecule has 0 fully saturated rings. The summed E-state index contributed by atoms with van der Waals surface area (Å²) in [4.78, 5) is 24.3. The maximum atomic E-state index is 14.0. The molecule has 0 bridgehead atoms. The molecule has 2 rings (SSSR count). The second-order valence-corrected chi connectivity index (χ2v) is 7.08. The first kappa shape index (κ1) is 19.9. The molecule has 0 saturated heterocycles. The van der Waals surface area contributed by atoms with Crippen molar-refractivity contribution in [3.8, 4) is 0 Å². The van der Waals surface area contributed by atoms with Gasteiger partial charge in [-0.2, -0.15) is 0 Å². The van der Waals surface area contributed by atoms with Gasteiger partial charge in [0.15, 0.2) is 0 Å². The van der Waals surface area contributed by atoms with Gasteiger partial charge in [0.05, 0.1) is 11.6 Å². The Bertz CT molecular complexity index is 813. The lowest BCUT2D eigenvalue weighted by molar-refractivity contribution is -0.136. The van der Waals surface area contributed by atoms with Crippen molar-refractivity contribution in [3.63, 3.8) is 0 Å². The lowest BCUT2D eigenvalue weighted by Crippen LogP contribution is -2.29. The van der Waals surface area contributed by atoms with Crippen LogP contribution in [0.5, 0.6) is 0 Å². The van der Waals surface area contributed by atoms with Crippen molar-refractivity contribution in [2.24, 2.45) is 0 Å². The maximum absolute atomic E-state index is 14.0. The van der Waals surface area contributed by atoms with Crippen LogP contribution in [-0.2, 0) is 4.79 Å². The third kappa shape index (κ3) is 4.82. The van der Waals surface area contributed by atoms with Crippen LogP contribution in [0.15, 0.2) is 47.4 Å². The van der Waals surface area contributed by atoms with E-state index in [9.17, 15) is 18.4 Å². The maximum Gasteiger partial charge on any atom is 0.316 e. The third-order valence-electron chi connectivity index (χ3n) is 3.83. The van der Waals surface area contributed by atoms with Gasteiger partial charge >= 0.3 is 5.97 Å². The summed E-state index contributed by atoms with van der Waals surface area (Å²) in [7, 11) is 0. The van der Waals surface area contributed by atoms with Crippen LogP contribution >= 0.6 is 11.8 Å². The van der Waals surface area contributed by atoms with Crippen molar-refractivity contribution in [1.82, 2.24) is 5.32 Å². The molecule has 26 heavy (non-hydrogen) atoms. The Morgan fingerprint density at radius 2 is 1.88 bits per heavy atom. The van der Waals surface area contributed by atoms with E-state index in [2.05, 4.69) is 5.32 Å². The monoisotopic (exact) mass is 379 g/mol. The van der Waals surface area contributed by atoms with Gasteiger partial charge in [0.25, 0.3) is 5.91 Å². The molecule has 2 atom stereocenters. The van der Waals surface area contributed by atoms with Gasteiger partial charge in [-0.3, -0.25) is 9.59 Å². The van der Waals surface area contributed by atoms with Gasteiger partial charge in [-0.25, -0.2) is 8.78 Å². The van der Waals surface area contributed by atoms with Gasteiger partial charge in [-0.15, -0.1) is 11.8 Å². The average Bonchev–Trinajstić information content (AvgIpc) is 2.60. The quantitative estimate of drug-likeness (QED) is 0.700. The number of carbonyl (C=O) groups is 2. The van der Waals surface area contributed by atoms with E-state index in [4.69, 9.17) is 5.11 Å². The predicted octanol–water partition coefficient (Wildman–Crippen LogP) is 4.41. The van der Waals surface area contributed by atoms with Crippen LogP contribution in [0, 0.1) is 11.6 Å². The van der Waals surface area contributed by atoms with E-state index in [1.54, 1.807) is 31.2 Å². The molecule has 0 spiro atoms. The van der Waals surface area contributed by atoms with Crippen LogP contribution in [0.3, 0.4) is 0 Å². The molecule has 0 aliphatic heterocycles. The Hall–Kier alpha value is -2.41. The molecule has 0 heterocycles. The fourth-order valence-electron chi connectivity index (χ4n) is 2.42. The first-order chi connectivity index (χ1) is 12.3. The molecular weight excluding hydrogens is 360 g/mol. The zero-order chi connectivity index (χ0) is 19.3. The Morgan fingerprint density at radius 3 is 2.50 bits per heavy atom. The number of benzene rings is 2. The summed E-state index contributed by atoms with van der Waals surface area (Å²) < 4.78 is 27.1. The number of halogens is 2. The topological polar surface area (TPSA) is 66.4 Å². The minimum Gasteiger partial charge on any atom is -0.480 e. The van der Waals surface area contributed by atoms with Crippen molar-refractivity contribution < 1.29 is 23.5 Å². The zero-order valence-electron chi connectivity index (χ0n) is 14.3. The Balaban J connectivity index is 2.24. The van der Waals surface area contributed by atoms with Crippen molar-refractivity contribution in [2.45, 2.75) is 36.5 Å². The van der Waals surface area contributed by atoms with Crippen LogP contribution in [0.25, 0.3) is 0 Å². The predicted molar refractivity (Wildman–Crippen MR) is 96.3 cm³/mol. The van der Waals surface area contributed by atoms with E-state index >= 15 is 0 Å². The molecular formula is C19H19F2NO3S. The van der Waals surface area contributed by atoms with Crippen LogP contribution in [0.4, 0.5) is 8.78 Å². The van der Waals surface area contributed by atoms with Crippen molar-refractivity contribution in [2.75, 3.05) is 0 Å². The van der Waals surface area contributed by atoms with E-state index in [0.29, 0.717) is 16.9 Å². The summed E-state index contributed by atoms with van der Waals surface area (Å²) in [5.41, 5.74) is 0.512. The molecule has 0 radical (unpaired) electrons. The van der Waals surface area contributed by atoms with Crippen molar-refractivity contribution in [3.05, 3.63) is 65.2 Å². The minimum atomic E-state index is -0.981. The van der Waals surface area contributed by atoms with Gasteiger partial charge in [-0.1, -0.05) is 25.1 Å². The minimum absolute atomic E-state index is 0.200. The first-order valence-corrected chi connectivity index (χ1v) is 8.95. The molecule has 2 unspecified atom stereocenters. The van der Waals surface area contributed by atoms with Gasteiger partial charge in [0.2, 0.25) is 0 Å². The number of carboxylic acids is 1. The smallest absolute Gasteiger partial charge is 0.316 e. The molecule has 0 aliphatic carbocycles. The number of aliphatic carboxylic acids is 1. The largest absolute Gasteiger partial charge is 0.480 e. The Labute approximate surface area is 154 Å². The molecule has 0 aromatic heterocycles. The highest BCUT2D eigenvalue weighted by atomic mass is 32.2. The summed E-state index contributed by atoms with van der Waals surface area (Å²) >= 11 is 1.06. The highest BCUT2D eigenvalue weighted by Crippen LogP contribution is 2.28. The second-order valence-electron chi connectivity index (χ2n) is 5.69. The number of hydrogen-bond acceptors (Lipinski definition) is 3. The van der Waals surface area contributed by atoms with Gasteiger partial charge in [-0.05, 0) is 31.5 Å². The van der Waals surface area contributed by atoms with Crippen molar-refractivity contribution >= 4 is 23.6 Å². The van der Waals surface area contributed by atoms with Gasteiger partial charge in [0.1, 0.15) is 16.9 Å². The second kappa shape index (κ2) is 8.80. The Kier molecular flexibility index (Phi) is 6.74. The Morgan fingerprint density at radius 1 is 1.19 bits per heavy atom. The number of thioether (sulfide) groups is 1. The number of amides is 1. The fraction of sp³-hybridized carbons (Fsp3) is 0.263. The number of carbonyl (C=O) groups excluding carboxylic acids is 1. The molecule has 4 nitrogen and oxygen atoms in total. The van der Waals surface area contributed by atoms with Crippen LogP contribution < -0.4 is 5.32 Å². The summed E-state index contributed by atoms with van der Waals surface area (Å²) in [5, 5.41) is 11.1.